The van der Waals surface area contributed by atoms with Crippen LogP contribution < -0.4 is 26.6 Å². The lowest BCUT2D eigenvalue weighted by atomic mass is 9.80. The Kier molecular flexibility index (Phi) is 15.3. The molecule has 0 aromatic carbocycles. The highest BCUT2D eigenvalue weighted by atomic mass is 16.5. The molecule has 1 saturated heterocycles. The molecule has 1 fully saturated rings. The third-order valence-corrected chi connectivity index (χ3v) is 6.90. The molecule has 0 bridgehead atoms. The first-order valence-electron chi connectivity index (χ1n) is 15.3. The van der Waals surface area contributed by atoms with Crippen LogP contribution in [0.1, 0.15) is 31.2 Å². The number of ketones is 1. The Labute approximate surface area is 270 Å². The standard InChI is InChI=1S/C30H48N10O6/c1-31-25-21(26(32-2)38-29(37-25)35-13-9-17-45-5)19-23(41)20(24(19)42)22-27(33-11-7-15-43-3)39-30(36-14-10-18-46-6)40-28(22)34-12-8-16-44-4/h41H,7-18H2,1-6H3,(H3,31,32,35,37,38)(H2,33,34,36,39,40). The van der Waals surface area contributed by atoms with E-state index >= 15 is 0 Å². The number of guanidine groups is 1. The van der Waals surface area contributed by atoms with Crippen molar-refractivity contribution in [2.45, 2.75) is 25.7 Å². The predicted octanol–water partition coefficient (Wildman–Crippen LogP) is 1.61. The second kappa shape index (κ2) is 19.4. The van der Waals surface area contributed by atoms with Gasteiger partial charge in [0.15, 0.2) is 0 Å². The molecule has 1 aromatic heterocycles. The lowest BCUT2D eigenvalue weighted by Gasteiger charge is -2.31. The Bertz CT molecular complexity index is 1280. The fraction of sp³-hybridized carbons (Fsp3) is 0.600. The maximum atomic E-state index is 14.0. The molecule has 0 saturated carbocycles. The Morgan fingerprint density at radius 2 is 1.17 bits per heavy atom. The number of aromatic nitrogens is 2. The Morgan fingerprint density at radius 3 is 1.63 bits per heavy atom. The van der Waals surface area contributed by atoms with E-state index in [4.69, 9.17) is 28.9 Å². The monoisotopic (exact) mass is 644 g/mol. The Balaban J connectivity index is 2.12. The number of Topliss-reactive ketones (excluding diaryl/α,β-unsaturated/α-hetero) is 1. The number of allylic oxidation sites excluding steroid dienone is 2. The van der Waals surface area contributed by atoms with Gasteiger partial charge in [-0.3, -0.25) is 19.8 Å². The number of carbonyl (C=O) groups excluding carboxylic acids is 1. The number of aliphatic hydroxyl groups is 1. The van der Waals surface area contributed by atoms with Gasteiger partial charge in [-0.15, -0.1) is 0 Å². The highest BCUT2D eigenvalue weighted by molar-refractivity contribution is 6.46. The number of nitrogens with zero attached hydrogens (tertiary/aromatic N) is 5. The number of carbonyl (C=O) groups is 1. The fourth-order valence-corrected chi connectivity index (χ4v) is 4.67. The minimum atomic E-state index is -0.400. The largest absolute Gasteiger partial charge is 0.506 e. The van der Waals surface area contributed by atoms with Crippen molar-refractivity contribution >= 4 is 46.6 Å². The number of rotatable bonds is 20. The van der Waals surface area contributed by atoms with E-state index in [1.54, 1.807) is 42.5 Å². The van der Waals surface area contributed by atoms with Gasteiger partial charge >= 0.3 is 0 Å². The molecule has 0 atom stereocenters. The van der Waals surface area contributed by atoms with Crippen molar-refractivity contribution in [1.82, 2.24) is 20.6 Å². The molecule has 1 aromatic rings. The first kappa shape index (κ1) is 36.3. The van der Waals surface area contributed by atoms with Gasteiger partial charge in [-0.1, -0.05) is 0 Å². The smallest absolute Gasteiger partial charge is 0.226 e. The Morgan fingerprint density at radius 1 is 0.696 bits per heavy atom. The van der Waals surface area contributed by atoms with Crippen LogP contribution in [0.15, 0.2) is 31.9 Å². The average Bonchev–Trinajstić information content (AvgIpc) is 3.06. The van der Waals surface area contributed by atoms with Crippen molar-refractivity contribution in [2.24, 2.45) is 15.0 Å². The van der Waals surface area contributed by atoms with E-state index in [1.165, 1.54) is 0 Å². The molecule has 6 N–H and O–H groups in total. The number of anilines is 3. The lowest BCUT2D eigenvalue weighted by molar-refractivity contribution is -0.111. The van der Waals surface area contributed by atoms with Crippen LogP contribution in [-0.2, 0) is 23.7 Å². The average molecular weight is 645 g/mol. The molecular weight excluding hydrogens is 596 g/mol. The molecule has 1 aliphatic heterocycles. The summed E-state index contributed by atoms with van der Waals surface area (Å²) in [5.41, 5.74) is 0.869. The second-order valence-corrected chi connectivity index (χ2v) is 10.2. The summed E-state index contributed by atoms with van der Waals surface area (Å²) >= 11 is 0. The third-order valence-electron chi connectivity index (χ3n) is 6.90. The van der Waals surface area contributed by atoms with Crippen molar-refractivity contribution in [3.05, 3.63) is 22.5 Å². The quantitative estimate of drug-likeness (QED) is 0.0885. The molecule has 254 valence electrons. The van der Waals surface area contributed by atoms with Gasteiger partial charge in [0.2, 0.25) is 17.7 Å². The SMILES string of the molecule is CNc1nc(NCCCOC)nc(NC)c1C1=C(O)C(=C2C(=NCCCOC)NC(=NCCCOC)NC2=NCCCOC)C1=O. The van der Waals surface area contributed by atoms with Crippen molar-refractivity contribution in [2.75, 3.05) is 111 Å². The summed E-state index contributed by atoms with van der Waals surface area (Å²) in [5.74, 6) is 1.68. The van der Waals surface area contributed by atoms with Crippen molar-refractivity contribution in [3.8, 4) is 0 Å². The first-order valence-corrected chi connectivity index (χ1v) is 15.3. The molecule has 0 amide bonds. The maximum Gasteiger partial charge on any atom is 0.226 e. The summed E-state index contributed by atoms with van der Waals surface area (Å²) in [6.45, 7) is 4.10. The number of amidine groups is 2. The summed E-state index contributed by atoms with van der Waals surface area (Å²) in [7, 11) is 9.93. The van der Waals surface area contributed by atoms with Crippen LogP contribution in [0.25, 0.3) is 5.57 Å². The summed E-state index contributed by atoms with van der Waals surface area (Å²) in [5, 5.41) is 27.2. The molecule has 2 aliphatic rings. The topological polar surface area (TPSA) is 197 Å². The van der Waals surface area contributed by atoms with E-state index in [1.807, 2.05) is 0 Å². The highest BCUT2D eigenvalue weighted by Crippen LogP contribution is 2.43. The number of aliphatic imine (C=N–C) groups is 3. The first-order chi connectivity index (χ1) is 22.4. The summed E-state index contributed by atoms with van der Waals surface area (Å²) in [6.07, 6.45) is 2.78. The predicted molar refractivity (Wildman–Crippen MR) is 180 cm³/mol. The fourth-order valence-electron chi connectivity index (χ4n) is 4.67. The molecule has 3 rings (SSSR count). The number of methoxy groups -OCH3 is 4. The number of aliphatic hydroxyl groups excluding tert-OH is 1. The highest BCUT2D eigenvalue weighted by Gasteiger charge is 2.43. The van der Waals surface area contributed by atoms with E-state index in [9.17, 15) is 9.90 Å². The van der Waals surface area contributed by atoms with Crippen LogP contribution in [0, 0.1) is 0 Å². The van der Waals surface area contributed by atoms with Crippen LogP contribution in [0.2, 0.25) is 0 Å². The zero-order valence-electron chi connectivity index (χ0n) is 27.7. The zero-order valence-corrected chi connectivity index (χ0v) is 27.7. The minimum absolute atomic E-state index is 0.0790. The lowest BCUT2D eigenvalue weighted by Crippen LogP contribution is -2.54. The molecule has 16 heteroatoms. The van der Waals surface area contributed by atoms with E-state index in [0.717, 1.165) is 6.42 Å². The van der Waals surface area contributed by atoms with Crippen LogP contribution in [0.5, 0.6) is 0 Å². The number of hydrogen-bond acceptors (Lipinski definition) is 14. The van der Waals surface area contributed by atoms with Gasteiger partial charge in [-0.25, -0.2) is 0 Å². The van der Waals surface area contributed by atoms with E-state index < -0.39 is 5.78 Å². The van der Waals surface area contributed by atoms with Gasteiger partial charge in [0.25, 0.3) is 0 Å². The van der Waals surface area contributed by atoms with Crippen LogP contribution in [0.4, 0.5) is 17.6 Å². The van der Waals surface area contributed by atoms with E-state index in [0.29, 0.717) is 118 Å². The minimum Gasteiger partial charge on any atom is -0.506 e. The Hall–Kier alpha value is -4.12. The van der Waals surface area contributed by atoms with Gasteiger partial charge < -0.3 is 50.6 Å². The number of ether oxygens (including phenoxy) is 4. The molecular formula is C30H48N10O6. The molecule has 46 heavy (non-hydrogen) atoms. The summed E-state index contributed by atoms with van der Waals surface area (Å²) in [6, 6.07) is 0. The summed E-state index contributed by atoms with van der Waals surface area (Å²) in [4.78, 5) is 37.3. The normalized spacial score (nSPS) is 16.5. The van der Waals surface area contributed by atoms with Crippen molar-refractivity contribution in [3.63, 3.8) is 0 Å². The van der Waals surface area contributed by atoms with Crippen molar-refractivity contribution < 1.29 is 28.8 Å². The van der Waals surface area contributed by atoms with Gasteiger partial charge in [-0.05, 0) is 25.7 Å². The third kappa shape index (κ3) is 9.45. The number of hydrogen-bond donors (Lipinski definition) is 6. The molecule has 0 radical (unpaired) electrons. The zero-order chi connectivity index (χ0) is 33.3. The molecule has 2 heterocycles. The van der Waals surface area contributed by atoms with Crippen molar-refractivity contribution in [1.29, 1.82) is 0 Å². The summed E-state index contributed by atoms with van der Waals surface area (Å²) < 4.78 is 20.6. The van der Waals surface area contributed by atoms with Crippen LogP contribution in [0.3, 0.4) is 0 Å². The van der Waals surface area contributed by atoms with E-state index in [-0.39, 0.29) is 16.9 Å². The molecule has 0 unspecified atom stereocenters. The van der Waals surface area contributed by atoms with Gasteiger partial charge in [0.05, 0.1) is 22.3 Å². The van der Waals surface area contributed by atoms with Crippen LogP contribution in [-0.4, -0.2) is 134 Å². The molecule has 16 nitrogen and oxygen atoms in total. The van der Waals surface area contributed by atoms with Gasteiger partial charge in [0.1, 0.15) is 29.1 Å². The molecule has 0 spiro atoms. The second-order valence-electron chi connectivity index (χ2n) is 10.2. The van der Waals surface area contributed by atoms with Gasteiger partial charge in [0, 0.05) is 95.1 Å². The molecule has 1 aliphatic carbocycles. The van der Waals surface area contributed by atoms with Gasteiger partial charge in [-0.2, -0.15) is 9.97 Å². The number of nitrogens with one attached hydrogen (secondary N) is 5. The van der Waals surface area contributed by atoms with E-state index in [2.05, 4.69) is 41.5 Å². The van der Waals surface area contributed by atoms with Crippen LogP contribution >= 0.6 is 0 Å². The maximum absolute atomic E-state index is 14.0.